The van der Waals surface area contributed by atoms with E-state index in [1.807, 2.05) is 0 Å². The number of aromatic carboxylic acids is 4. The van der Waals surface area contributed by atoms with Crippen molar-refractivity contribution in [2.75, 3.05) is 0 Å². The average molecular weight is 356 g/mol. The van der Waals surface area contributed by atoms with Crippen LogP contribution in [-0.4, -0.2) is 44.3 Å². The van der Waals surface area contributed by atoms with Gasteiger partial charge in [0.15, 0.2) is 0 Å². The van der Waals surface area contributed by atoms with Crippen LogP contribution in [0.2, 0.25) is 0 Å². The summed E-state index contributed by atoms with van der Waals surface area (Å²) in [5.41, 5.74) is -2.02. The fourth-order valence-electron chi connectivity index (χ4n) is 2.41. The molecule has 0 radical (unpaired) electrons. The second-order valence-corrected chi connectivity index (χ2v) is 5.09. The minimum absolute atomic E-state index is 0.0266. The molecule has 0 saturated heterocycles. The molecule has 0 spiro atoms. The van der Waals surface area contributed by atoms with Gasteiger partial charge in [0, 0.05) is 0 Å². The molecule has 2 aromatic carbocycles. The summed E-state index contributed by atoms with van der Waals surface area (Å²) in [5, 5.41) is 36.8. The molecule has 0 heterocycles. The molecule has 132 valence electrons. The third-order valence-corrected chi connectivity index (χ3v) is 3.53. The fraction of sp³-hybridized carbons (Fsp3) is 0. The molecule has 0 atom stereocenters. The predicted molar refractivity (Wildman–Crippen MR) is 89.6 cm³/mol. The molecule has 0 saturated carbocycles. The van der Waals surface area contributed by atoms with Gasteiger partial charge in [0.1, 0.15) is 0 Å². The molecule has 4 N–H and O–H groups in total. The molecule has 0 unspecified atom stereocenters. The van der Waals surface area contributed by atoms with E-state index < -0.39 is 40.6 Å². The van der Waals surface area contributed by atoms with E-state index in [2.05, 4.69) is 0 Å². The van der Waals surface area contributed by atoms with E-state index in [-0.39, 0.29) is 16.7 Å². The van der Waals surface area contributed by atoms with E-state index >= 15 is 0 Å². The van der Waals surface area contributed by atoms with Crippen LogP contribution in [0.5, 0.6) is 0 Å². The van der Waals surface area contributed by atoms with Crippen LogP contribution in [0, 0.1) is 0 Å². The zero-order valence-corrected chi connectivity index (χ0v) is 13.0. The van der Waals surface area contributed by atoms with Crippen LogP contribution < -0.4 is 0 Å². The van der Waals surface area contributed by atoms with Gasteiger partial charge in [0.2, 0.25) is 0 Å². The molecule has 0 aliphatic carbocycles. The zero-order chi connectivity index (χ0) is 19.4. The number of hydrogen-bond donors (Lipinski definition) is 4. The van der Waals surface area contributed by atoms with Crippen molar-refractivity contribution in [2.45, 2.75) is 0 Å². The lowest BCUT2D eigenvalue weighted by molar-refractivity contribution is 0.0633. The summed E-state index contributed by atoms with van der Waals surface area (Å²) >= 11 is 0. The lowest BCUT2D eigenvalue weighted by Gasteiger charge is -2.09. The first-order chi connectivity index (χ1) is 12.2. The highest BCUT2D eigenvalue weighted by molar-refractivity contribution is 6.11. The van der Waals surface area contributed by atoms with Gasteiger partial charge < -0.3 is 20.4 Å². The second kappa shape index (κ2) is 7.31. The summed E-state index contributed by atoms with van der Waals surface area (Å²) in [5.74, 6) is -6.06. The number of benzene rings is 2. The largest absolute Gasteiger partial charge is 0.478 e. The molecule has 0 bridgehead atoms. The van der Waals surface area contributed by atoms with E-state index in [0.29, 0.717) is 0 Å². The Morgan fingerprint density at radius 3 is 1.65 bits per heavy atom. The van der Waals surface area contributed by atoms with Gasteiger partial charge in [-0.3, -0.25) is 0 Å². The first kappa shape index (κ1) is 18.4. The molecule has 26 heavy (non-hydrogen) atoms. The molecular weight excluding hydrogens is 344 g/mol. The topological polar surface area (TPSA) is 149 Å². The summed E-state index contributed by atoms with van der Waals surface area (Å²) in [7, 11) is 0. The summed E-state index contributed by atoms with van der Waals surface area (Å²) in [4.78, 5) is 45.3. The summed E-state index contributed by atoms with van der Waals surface area (Å²) in [6.07, 6.45) is 2.54. The van der Waals surface area contributed by atoms with Crippen molar-refractivity contribution < 1.29 is 39.6 Å². The normalized spacial score (nSPS) is 10.6. The Morgan fingerprint density at radius 1 is 0.577 bits per heavy atom. The van der Waals surface area contributed by atoms with Crippen molar-refractivity contribution in [3.8, 4) is 0 Å². The molecule has 8 nitrogen and oxygen atoms in total. The van der Waals surface area contributed by atoms with Gasteiger partial charge in [-0.2, -0.15) is 0 Å². The zero-order valence-electron chi connectivity index (χ0n) is 13.0. The van der Waals surface area contributed by atoms with Crippen molar-refractivity contribution in [3.63, 3.8) is 0 Å². The number of hydrogen-bond acceptors (Lipinski definition) is 4. The molecule has 0 amide bonds. The van der Waals surface area contributed by atoms with Gasteiger partial charge >= 0.3 is 23.9 Å². The van der Waals surface area contributed by atoms with Crippen molar-refractivity contribution >= 4 is 36.0 Å². The molecule has 0 aliphatic heterocycles. The highest BCUT2D eigenvalue weighted by Crippen LogP contribution is 2.23. The summed E-state index contributed by atoms with van der Waals surface area (Å²) in [6.45, 7) is 0. The Hall–Kier alpha value is -3.94. The number of carbonyl (C=O) groups is 4. The van der Waals surface area contributed by atoms with Crippen LogP contribution in [0.4, 0.5) is 0 Å². The number of rotatable bonds is 6. The molecular formula is C18H12O8. The quantitative estimate of drug-likeness (QED) is 0.577. The third-order valence-electron chi connectivity index (χ3n) is 3.53. The van der Waals surface area contributed by atoms with Crippen LogP contribution in [-0.2, 0) is 0 Å². The molecule has 8 heteroatoms. The smallest absolute Gasteiger partial charge is 0.337 e. The van der Waals surface area contributed by atoms with E-state index in [1.165, 1.54) is 30.4 Å². The van der Waals surface area contributed by atoms with Crippen LogP contribution in [0.1, 0.15) is 52.6 Å². The minimum Gasteiger partial charge on any atom is -0.478 e. The summed E-state index contributed by atoms with van der Waals surface area (Å²) in [6, 6.07) is 8.09. The van der Waals surface area contributed by atoms with Crippen molar-refractivity contribution in [1.29, 1.82) is 0 Å². The molecule has 0 aromatic heterocycles. The Bertz CT molecular complexity index is 956. The maximum absolute atomic E-state index is 11.5. The number of carboxylic acid groups (broad SMARTS) is 4. The predicted octanol–water partition coefficient (Wildman–Crippen LogP) is 2.65. The van der Waals surface area contributed by atoms with E-state index in [1.54, 1.807) is 6.07 Å². The van der Waals surface area contributed by atoms with Gasteiger partial charge in [-0.15, -0.1) is 0 Å². The Balaban J connectivity index is 2.66. The van der Waals surface area contributed by atoms with E-state index in [4.69, 9.17) is 10.2 Å². The maximum atomic E-state index is 11.5. The van der Waals surface area contributed by atoms with Crippen molar-refractivity contribution in [3.05, 3.63) is 69.8 Å². The molecule has 2 rings (SSSR count). The lowest BCUT2D eigenvalue weighted by Crippen LogP contribution is -2.16. The minimum atomic E-state index is -1.69. The van der Waals surface area contributed by atoms with Crippen LogP contribution >= 0.6 is 0 Å². The van der Waals surface area contributed by atoms with E-state index in [9.17, 15) is 29.4 Å². The van der Waals surface area contributed by atoms with Crippen molar-refractivity contribution in [1.82, 2.24) is 0 Å². The second-order valence-electron chi connectivity index (χ2n) is 5.09. The molecule has 2 aromatic rings. The Morgan fingerprint density at radius 2 is 1.12 bits per heavy atom. The van der Waals surface area contributed by atoms with E-state index in [0.717, 1.165) is 12.1 Å². The molecule has 0 fully saturated rings. The van der Waals surface area contributed by atoms with Crippen molar-refractivity contribution in [2.24, 2.45) is 0 Å². The average Bonchev–Trinajstić information content (AvgIpc) is 2.58. The van der Waals surface area contributed by atoms with Gasteiger partial charge in [-0.05, 0) is 23.3 Å². The van der Waals surface area contributed by atoms with Gasteiger partial charge in [-0.1, -0.05) is 36.4 Å². The lowest BCUT2D eigenvalue weighted by atomic mass is 9.94. The number of carboxylic acids is 4. The maximum Gasteiger partial charge on any atom is 0.337 e. The monoisotopic (exact) mass is 356 g/mol. The SMILES string of the molecule is O=C(O)c1ccccc1/C=C\c1ccc(C(=O)O)c(C(=O)O)c1C(=O)O. The highest BCUT2D eigenvalue weighted by Gasteiger charge is 2.26. The van der Waals surface area contributed by atoms with Crippen LogP contribution in [0.3, 0.4) is 0 Å². The summed E-state index contributed by atoms with van der Waals surface area (Å²) < 4.78 is 0. The standard InChI is InChI=1S/C18H12O8/c19-15(20)11-4-2-1-3-9(11)5-6-10-7-8-12(16(21)22)14(18(25)26)13(10)17(23)24/h1-8H,(H,19,20)(H,21,22)(H,23,24)(H,25,26)/b6-5-. The van der Waals surface area contributed by atoms with Crippen LogP contribution in [0.25, 0.3) is 12.2 Å². The highest BCUT2D eigenvalue weighted by atomic mass is 16.4. The molecule has 0 aliphatic rings. The first-order valence-corrected chi connectivity index (χ1v) is 7.11. The third kappa shape index (κ3) is 3.59. The Kier molecular flexibility index (Phi) is 5.17. The van der Waals surface area contributed by atoms with Gasteiger partial charge in [0.05, 0.1) is 22.3 Å². The van der Waals surface area contributed by atoms with Gasteiger partial charge in [0.25, 0.3) is 0 Å². The fourth-order valence-corrected chi connectivity index (χ4v) is 2.41. The van der Waals surface area contributed by atoms with Crippen LogP contribution in [0.15, 0.2) is 36.4 Å². The Labute approximate surface area is 146 Å². The van der Waals surface area contributed by atoms with Gasteiger partial charge in [-0.25, -0.2) is 19.2 Å². The first-order valence-electron chi connectivity index (χ1n) is 7.11.